The predicted octanol–water partition coefficient (Wildman–Crippen LogP) is 2.94. The summed E-state index contributed by atoms with van der Waals surface area (Å²) < 4.78 is 0. The van der Waals surface area contributed by atoms with E-state index in [0.717, 1.165) is 11.1 Å². The lowest BCUT2D eigenvalue weighted by Gasteiger charge is -2.09. The van der Waals surface area contributed by atoms with Gasteiger partial charge in [-0.2, -0.15) is 0 Å². The quantitative estimate of drug-likeness (QED) is 0.822. The molecule has 2 nitrogen and oxygen atoms in total. The maximum Gasteiger partial charge on any atom is 0.0845 e. The van der Waals surface area contributed by atoms with Crippen molar-refractivity contribution in [3.05, 3.63) is 58.9 Å². The molecule has 0 saturated carbocycles. The van der Waals surface area contributed by atoms with Crippen LogP contribution in [0.15, 0.2) is 42.7 Å². The van der Waals surface area contributed by atoms with Gasteiger partial charge in [-0.05, 0) is 23.3 Å². The maximum absolute atomic E-state index is 9.91. The van der Waals surface area contributed by atoms with E-state index in [-0.39, 0.29) is 0 Å². The number of halogens is 1. The molecule has 1 heterocycles. The van der Waals surface area contributed by atoms with E-state index in [0.29, 0.717) is 11.4 Å². The monoisotopic (exact) mass is 221 g/mol. The minimum absolute atomic E-state index is 0.504. The highest BCUT2D eigenvalue weighted by Crippen LogP contribution is 2.22. The van der Waals surface area contributed by atoms with Crippen molar-refractivity contribution in [2.75, 3.05) is 0 Å². The van der Waals surface area contributed by atoms with E-state index in [1.54, 1.807) is 12.4 Å². The van der Waals surface area contributed by atoms with Gasteiger partial charge in [-0.1, -0.05) is 29.8 Å². The van der Waals surface area contributed by atoms with Crippen LogP contribution in [0.2, 0.25) is 5.02 Å². The first-order valence-electron chi connectivity index (χ1n) is 4.81. The van der Waals surface area contributed by atoms with Gasteiger partial charge < -0.3 is 10.1 Å². The lowest BCUT2D eigenvalue weighted by molar-refractivity contribution is 0.178. The Hall–Kier alpha value is -1.25. The third kappa shape index (κ3) is 2.41. The molecule has 1 aromatic carbocycles. The van der Waals surface area contributed by atoms with Gasteiger partial charge in [0.05, 0.1) is 6.10 Å². The highest BCUT2D eigenvalue weighted by atomic mass is 35.5. The van der Waals surface area contributed by atoms with E-state index in [4.69, 9.17) is 11.6 Å². The van der Waals surface area contributed by atoms with Crippen LogP contribution in [0, 0.1) is 0 Å². The van der Waals surface area contributed by atoms with Crippen LogP contribution in [0.5, 0.6) is 0 Å². The molecule has 0 spiro atoms. The topological polar surface area (TPSA) is 36.0 Å². The number of aliphatic hydroxyl groups excluding tert-OH is 1. The van der Waals surface area contributed by atoms with Crippen LogP contribution >= 0.6 is 11.6 Å². The first-order chi connectivity index (χ1) is 7.27. The van der Waals surface area contributed by atoms with Crippen molar-refractivity contribution in [1.29, 1.82) is 0 Å². The zero-order chi connectivity index (χ0) is 10.7. The highest BCUT2D eigenvalue weighted by Gasteiger charge is 2.10. The number of rotatable bonds is 3. The number of hydrogen-bond donors (Lipinski definition) is 2. The lowest BCUT2D eigenvalue weighted by Crippen LogP contribution is -2.00. The summed E-state index contributed by atoms with van der Waals surface area (Å²) in [7, 11) is 0. The van der Waals surface area contributed by atoms with Crippen LogP contribution < -0.4 is 0 Å². The number of nitrogens with one attached hydrogen (secondary N) is 1. The molecule has 0 radical (unpaired) electrons. The summed E-state index contributed by atoms with van der Waals surface area (Å²) in [6.45, 7) is 0. The Balaban J connectivity index is 2.13. The second-order valence-corrected chi connectivity index (χ2v) is 3.86. The van der Waals surface area contributed by atoms with Gasteiger partial charge in [-0.25, -0.2) is 0 Å². The van der Waals surface area contributed by atoms with E-state index in [1.165, 1.54) is 0 Å². The standard InChI is InChI=1S/C12H12ClNO/c13-11-4-2-1-3-9(11)7-12(15)10-5-6-14-8-10/h1-6,8,12,14-15H,7H2. The number of aliphatic hydroxyl groups is 1. The van der Waals surface area contributed by atoms with E-state index in [1.807, 2.05) is 30.3 Å². The summed E-state index contributed by atoms with van der Waals surface area (Å²) >= 11 is 6.01. The molecule has 0 amide bonds. The van der Waals surface area contributed by atoms with E-state index >= 15 is 0 Å². The lowest BCUT2D eigenvalue weighted by atomic mass is 10.0. The van der Waals surface area contributed by atoms with Gasteiger partial charge in [0.25, 0.3) is 0 Å². The molecule has 0 aliphatic carbocycles. The van der Waals surface area contributed by atoms with Crippen LogP contribution in [0.1, 0.15) is 17.2 Å². The van der Waals surface area contributed by atoms with Crippen LogP contribution in [-0.4, -0.2) is 10.1 Å². The Labute approximate surface area is 93.5 Å². The number of hydrogen-bond acceptors (Lipinski definition) is 1. The fraction of sp³-hybridized carbons (Fsp3) is 0.167. The van der Waals surface area contributed by atoms with Gasteiger partial charge in [0.2, 0.25) is 0 Å². The summed E-state index contributed by atoms with van der Waals surface area (Å²) in [5, 5.41) is 10.6. The summed E-state index contributed by atoms with van der Waals surface area (Å²) in [6.07, 6.45) is 3.63. The Morgan fingerprint density at radius 1 is 1.27 bits per heavy atom. The molecule has 0 fully saturated rings. The number of aromatic amines is 1. The zero-order valence-electron chi connectivity index (χ0n) is 8.15. The molecule has 2 rings (SSSR count). The van der Waals surface area contributed by atoms with Crippen LogP contribution in [-0.2, 0) is 6.42 Å². The van der Waals surface area contributed by atoms with Crippen LogP contribution in [0.4, 0.5) is 0 Å². The normalized spacial score (nSPS) is 12.7. The van der Waals surface area contributed by atoms with Gasteiger partial charge in [-0.3, -0.25) is 0 Å². The van der Waals surface area contributed by atoms with Crippen molar-refractivity contribution in [1.82, 2.24) is 4.98 Å². The van der Waals surface area contributed by atoms with Crippen molar-refractivity contribution in [3.63, 3.8) is 0 Å². The summed E-state index contributed by atoms with van der Waals surface area (Å²) in [4.78, 5) is 2.92. The van der Waals surface area contributed by atoms with Gasteiger partial charge >= 0.3 is 0 Å². The van der Waals surface area contributed by atoms with Crippen molar-refractivity contribution >= 4 is 11.6 Å². The van der Waals surface area contributed by atoms with Gasteiger partial charge in [0.15, 0.2) is 0 Å². The molecule has 2 N–H and O–H groups in total. The summed E-state index contributed by atoms with van der Waals surface area (Å²) in [5.74, 6) is 0. The van der Waals surface area contributed by atoms with Crippen molar-refractivity contribution < 1.29 is 5.11 Å². The molecule has 0 aliphatic rings. The fourth-order valence-corrected chi connectivity index (χ4v) is 1.75. The second kappa shape index (κ2) is 4.51. The summed E-state index contributed by atoms with van der Waals surface area (Å²) in [6, 6.07) is 9.43. The molecule has 2 aromatic rings. The molecule has 78 valence electrons. The van der Waals surface area contributed by atoms with Gasteiger partial charge in [0.1, 0.15) is 0 Å². The van der Waals surface area contributed by atoms with Crippen molar-refractivity contribution in [2.45, 2.75) is 12.5 Å². The fourth-order valence-electron chi connectivity index (χ4n) is 1.53. The highest BCUT2D eigenvalue weighted by molar-refractivity contribution is 6.31. The van der Waals surface area contributed by atoms with E-state index < -0.39 is 6.10 Å². The largest absolute Gasteiger partial charge is 0.388 e. The molecule has 3 heteroatoms. The average molecular weight is 222 g/mol. The average Bonchev–Trinajstić information content (AvgIpc) is 2.74. The molecule has 1 unspecified atom stereocenters. The molecule has 0 bridgehead atoms. The van der Waals surface area contributed by atoms with Gasteiger partial charge in [0, 0.05) is 23.8 Å². The van der Waals surface area contributed by atoms with Crippen molar-refractivity contribution in [3.8, 4) is 0 Å². The van der Waals surface area contributed by atoms with Crippen molar-refractivity contribution in [2.24, 2.45) is 0 Å². The molecule has 1 atom stereocenters. The SMILES string of the molecule is OC(Cc1ccccc1Cl)c1cc[nH]c1. The molecule has 0 aliphatic heterocycles. The number of benzene rings is 1. The summed E-state index contributed by atoms with van der Waals surface area (Å²) in [5.41, 5.74) is 1.85. The van der Waals surface area contributed by atoms with Gasteiger partial charge in [-0.15, -0.1) is 0 Å². The number of H-pyrrole nitrogens is 1. The third-order valence-corrected chi connectivity index (χ3v) is 2.75. The number of aromatic nitrogens is 1. The Morgan fingerprint density at radius 2 is 2.07 bits per heavy atom. The third-order valence-electron chi connectivity index (χ3n) is 2.38. The smallest absolute Gasteiger partial charge is 0.0845 e. The van der Waals surface area contributed by atoms with E-state index in [2.05, 4.69) is 4.98 Å². The Morgan fingerprint density at radius 3 is 2.73 bits per heavy atom. The molecule has 15 heavy (non-hydrogen) atoms. The first-order valence-corrected chi connectivity index (χ1v) is 5.19. The minimum atomic E-state index is -0.504. The molecular formula is C12H12ClNO. The Bertz CT molecular complexity index is 425. The zero-order valence-corrected chi connectivity index (χ0v) is 8.91. The maximum atomic E-state index is 9.91. The minimum Gasteiger partial charge on any atom is -0.388 e. The second-order valence-electron chi connectivity index (χ2n) is 3.46. The molecule has 0 saturated heterocycles. The Kier molecular flexibility index (Phi) is 3.09. The predicted molar refractivity (Wildman–Crippen MR) is 60.9 cm³/mol. The van der Waals surface area contributed by atoms with Crippen LogP contribution in [0.25, 0.3) is 0 Å². The molecule has 1 aromatic heterocycles. The van der Waals surface area contributed by atoms with Crippen LogP contribution in [0.3, 0.4) is 0 Å². The first kappa shape index (κ1) is 10.3. The molecular weight excluding hydrogens is 210 g/mol. The van der Waals surface area contributed by atoms with E-state index in [9.17, 15) is 5.11 Å².